The fourth-order valence-corrected chi connectivity index (χ4v) is 4.77. The van der Waals surface area contributed by atoms with Crippen LogP contribution in [0.5, 0.6) is 0 Å². The summed E-state index contributed by atoms with van der Waals surface area (Å²) in [5.74, 6) is -0.262. The first-order chi connectivity index (χ1) is 11.9. The molecule has 2 aromatic carbocycles. The molecule has 1 aliphatic rings. The van der Waals surface area contributed by atoms with Crippen LogP contribution in [-0.2, 0) is 10.0 Å². The van der Waals surface area contributed by atoms with Crippen LogP contribution in [0.4, 0.5) is 11.4 Å². The molecule has 0 atom stereocenters. The van der Waals surface area contributed by atoms with E-state index >= 15 is 0 Å². The van der Waals surface area contributed by atoms with Gasteiger partial charge in [0.2, 0.25) is 10.0 Å². The highest BCUT2D eigenvalue weighted by Crippen LogP contribution is 2.29. The van der Waals surface area contributed by atoms with E-state index in [1.54, 1.807) is 30.3 Å². The van der Waals surface area contributed by atoms with E-state index in [0.717, 1.165) is 6.42 Å². The number of nitrogens with one attached hydrogen (secondary N) is 1. The van der Waals surface area contributed by atoms with E-state index in [1.807, 2.05) is 0 Å². The summed E-state index contributed by atoms with van der Waals surface area (Å²) in [5, 5.41) is 3.42. The Bertz CT molecular complexity index is 916. The molecule has 1 aliphatic heterocycles. The van der Waals surface area contributed by atoms with Crippen molar-refractivity contribution in [2.45, 2.75) is 12.8 Å². The van der Waals surface area contributed by atoms with Gasteiger partial charge in [0, 0.05) is 17.3 Å². The first-order valence-corrected chi connectivity index (χ1v) is 10.1. The van der Waals surface area contributed by atoms with E-state index in [-0.39, 0.29) is 22.2 Å². The molecule has 1 N–H and O–H groups in total. The minimum absolute atomic E-state index is 0.127. The summed E-state index contributed by atoms with van der Waals surface area (Å²) >= 11 is 12.1. The Morgan fingerprint density at radius 1 is 1.08 bits per heavy atom. The lowest BCUT2D eigenvalue weighted by Crippen LogP contribution is -2.37. The van der Waals surface area contributed by atoms with Gasteiger partial charge in [0.05, 0.1) is 22.0 Å². The number of benzene rings is 2. The molecule has 2 aromatic rings. The fraction of sp³-hybridized carbons (Fsp3) is 0.235. The van der Waals surface area contributed by atoms with Gasteiger partial charge >= 0.3 is 0 Å². The highest BCUT2D eigenvalue weighted by atomic mass is 35.5. The maximum absolute atomic E-state index is 12.4. The Kier molecular flexibility index (Phi) is 5.22. The Balaban J connectivity index is 1.83. The second kappa shape index (κ2) is 7.23. The minimum atomic E-state index is -3.32. The molecule has 5 nitrogen and oxygen atoms in total. The van der Waals surface area contributed by atoms with E-state index in [9.17, 15) is 13.2 Å². The summed E-state index contributed by atoms with van der Waals surface area (Å²) in [6.07, 6.45) is 1.46. The van der Waals surface area contributed by atoms with Gasteiger partial charge in [0.25, 0.3) is 5.91 Å². The monoisotopic (exact) mass is 398 g/mol. The standard InChI is InChI=1S/C17H16Cl2N2O3S/c18-12-4-3-5-13(10-12)20-17(22)15-7-6-14(11-16(15)19)21-8-1-2-9-25(21,23)24/h3-7,10-11H,1-2,8-9H2,(H,20,22). The normalized spacial score (nSPS) is 16.5. The van der Waals surface area contributed by atoms with Crippen LogP contribution in [0.3, 0.4) is 0 Å². The number of nitrogens with zero attached hydrogens (tertiary/aromatic N) is 1. The predicted octanol–water partition coefficient (Wildman–Crippen LogP) is 4.18. The molecule has 0 aliphatic carbocycles. The molecule has 1 saturated heterocycles. The topological polar surface area (TPSA) is 66.5 Å². The third kappa shape index (κ3) is 4.08. The van der Waals surface area contributed by atoms with Crippen molar-refractivity contribution in [3.8, 4) is 0 Å². The quantitative estimate of drug-likeness (QED) is 0.842. The number of amides is 1. The molecule has 0 bridgehead atoms. The first kappa shape index (κ1) is 18.0. The maximum Gasteiger partial charge on any atom is 0.257 e. The predicted molar refractivity (Wildman–Crippen MR) is 101 cm³/mol. The van der Waals surface area contributed by atoms with Crippen molar-refractivity contribution in [1.82, 2.24) is 0 Å². The van der Waals surface area contributed by atoms with Crippen molar-refractivity contribution in [2.75, 3.05) is 21.9 Å². The summed E-state index contributed by atoms with van der Waals surface area (Å²) in [4.78, 5) is 12.4. The molecular weight excluding hydrogens is 383 g/mol. The minimum Gasteiger partial charge on any atom is -0.322 e. The molecule has 0 unspecified atom stereocenters. The van der Waals surface area contributed by atoms with E-state index in [4.69, 9.17) is 23.2 Å². The molecule has 8 heteroatoms. The van der Waals surface area contributed by atoms with Crippen LogP contribution < -0.4 is 9.62 Å². The number of anilines is 2. The van der Waals surface area contributed by atoms with Gasteiger partial charge in [-0.25, -0.2) is 8.42 Å². The average Bonchev–Trinajstić information content (AvgIpc) is 2.54. The van der Waals surface area contributed by atoms with Crippen molar-refractivity contribution in [3.05, 3.63) is 58.1 Å². The van der Waals surface area contributed by atoms with E-state index in [2.05, 4.69) is 5.32 Å². The first-order valence-electron chi connectivity index (χ1n) is 7.74. The van der Waals surface area contributed by atoms with Crippen molar-refractivity contribution in [1.29, 1.82) is 0 Å². The number of halogens is 2. The highest BCUT2D eigenvalue weighted by Gasteiger charge is 2.26. The van der Waals surface area contributed by atoms with Gasteiger partial charge in [0.1, 0.15) is 0 Å². The maximum atomic E-state index is 12.4. The second-order valence-corrected chi connectivity index (χ2v) is 8.58. The van der Waals surface area contributed by atoms with Gasteiger partial charge < -0.3 is 5.32 Å². The molecule has 0 aromatic heterocycles. The lowest BCUT2D eigenvalue weighted by molar-refractivity contribution is 0.102. The molecule has 0 saturated carbocycles. The van der Waals surface area contributed by atoms with E-state index < -0.39 is 10.0 Å². The third-order valence-electron chi connectivity index (χ3n) is 3.92. The average molecular weight is 399 g/mol. The smallest absolute Gasteiger partial charge is 0.257 e. The highest BCUT2D eigenvalue weighted by molar-refractivity contribution is 7.92. The third-order valence-corrected chi connectivity index (χ3v) is 6.33. The van der Waals surface area contributed by atoms with Crippen LogP contribution in [0.2, 0.25) is 10.0 Å². The molecule has 25 heavy (non-hydrogen) atoms. The van der Waals surface area contributed by atoms with Crippen LogP contribution in [0.1, 0.15) is 23.2 Å². The number of hydrogen-bond donors (Lipinski definition) is 1. The lowest BCUT2D eigenvalue weighted by atomic mass is 10.1. The van der Waals surface area contributed by atoms with Crippen molar-refractivity contribution >= 4 is 50.5 Å². The Morgan fingerprint density at radius 3 is 2.56 bits per heavy atom. The molecular formula is C17H16Cl2N2O3S. The van der Waals surface area contributed by atoms with Crippen molar-refractivity contribution < 1.29 is 13.2 Å². The van der Waals surface area contributed by atoms with Gasteiger partial charge in [-0.15, -0.1) is 0 Å². The summed E-state index contributed by atoms with van der Waals surface area (Å²) < 4.78 is 25.7. The number of hydrogen-bond acceptors (Lipinski definition) is 3. The summed E-state index contributed by atoms with van der Waals surface area (Å²) in [7, 11) is -3.32. The van der Waals surface area contributed by atoms with Crippen LogP contribution in [0, 0.1) is 0 Å². The summed E-state index contributed by atoms with van der Waals surface area (Å²) in [5.41, 5.74) is 1.29. The van der Waals surface area contributed by atoms with Gasteiger partial charge in [-0.05, 0) is 49.2 Å². The van der Waals surface area contributed by atoms with Crippen LogP contribution in [-0.4, -0.2) is 26.6 Å². The molecule has 0 spiro atoms. The molecule has 1 heterocycles. The molecule has 132 valence electrons. The zero-order chi connectivity index (χ0) is 18.0. The Hall–Kier alpha value is -1.76. The number of rotatable bonds is 3. The zero-order valence-corrected chi connectivity index (χ0v) is 15.5. The van der Waals surface area contributed by atoms with Gasteiger partial charge in [0.15, 0.2) is 0 Å². The van der Waals surface area contributed by atoms with Crippen molar-refractivity contribution in [2.24, 2.45) is 0 Å². The van der Waals surface area contributed by atoms with E-state index in [0.29, 0.717) is 29.4 Å². The van der Waals surface area contributed by atoms with Crippen LogP contribution in [0.15, 0.2) is 42.5 Å². The number of sulfonamides is 1. The molecule has 1 fully saturated rings. The van der Waals surface area contributed by atoms with Crippen molar-refractivity contribution in [3.63, 3.8) is 0 Å². The van der Waals surface area contributed by atoms with Crippen LogP contribution in [0.25, 0.3) is 0 Å². The van der Waals surface area contributed by atoms with Gasteiger partial charge in [-0.1, -0.05) is 29.3 Å². The zero-order valence-electron chi connectivity index (χ0n) is 13.2. The summed E-state index contributed by atoms with van der Waals surface area (Å²) in [6, 6.07) is 11.4. The molecule has 0 radical (unpaired) electrons. The number of carbonyl (C=O) groups is 1. The van der Waals surface area contributed by atoms with Crippen LogP contribution >= 0.6 is 23.2 Å². The second-order valence-electron chi connectivity index (χ2n) is 5.72. The SMILES string of the molecule is O=C(Nc1cccc(Cl)c1)c1ccc(N2CCCCS2(=O)=O)cc1Cl. The Labute approximate surface area is 156 Å². The lowest BCUT2D eigenvalue weighted by Gasteiger charge is -2.28. The fourth-order valence-electron chi connectivity index (χ4n) is 2.69. The largest absolute Gasteiger partial charge is 0.322 e. The van der Waals surface area contributed by atoms with E-state index in [1.165, 1.54) is 16.4 Å². The number of carbonyl (C=O) groups excluding carboxylic acids is 1. The Morgan fingerprint density at radius 2 is 1.88 bits per heavy atom. The molecule has 3 rings (SSSR count). The van der Waals surface area contributed by atoms with Gasteiger partial charge in [-0.3, -0.25) is 9.10 Å². The molecule has 1 amide bonds. The van der Waals surface area contributed by atoms with Gasteiger partial charge in [-0.2, -0.15) is 0 Å². The summed E-state index contributed by atoms with van der Waals surface area (Å²) in [6.45, 7) is 0.423.